The molecule has 1 heterocycles. The zero-order valence-corrected chi connectivity index (χ0v) is 14.3. The maximum atomic E-state index is 12.6. The number of nitriles is 1. The maximum absolute atomic E-state index is 12.6. The zero-order valence-electron chi connectivity index (χ0n) is 12.8. The van der Waals surface area contributed by atoms with Gasteiger partial charge in [-0.25, -0.2) is 4.98 Å². The number of Topliss-reactive ketones (excluding diaryl/α,β-unsaturated/α-hetero) is 1. The van der Waals surface area contributed by atoms with E-state index >= 15 is 0 Å². The summed E-state index contributed by atoms with van der Waals surface area (Å²) in [5.74, 6) is -0.761. The second-order valence-corrected chi connectivity index (χ2v) is 6.30. The Balaban J connectivity index is 1.94. The van der Waals surface area contributed by atoms with Gasteiger partial charge in [0.1, 0.15) is 5.82 Å². The first kappa shape index (κ1) is 16.5. The number of fused-ring (bicyclic) bond motifs is 1. The van der Waals surface area contributed by atoms with Gasteiger partial charge in [-0.1, -0.05) is 41.4 Å². The van der Waals surface area contributed by atoms with E-state index in [1.807, 2.05) is 24.3 Å². The van der Waals surface area contributed by atoms with Crippen LogP contribution in [0.3, 0.4) is 0 Å². The van der Waals surface area contributed by atoms with E-state index in [4.69, 9.17) is 23.2 Å². The number of hydrogen-bond acceptors (Lipinski definition) is 3. The average Bonchev–Trinajstić information content (AvgIpc) is 2.88. The average molecular weight is 358 g/mol. The summed E-state index contributed by atoms with van der Waals surface area (Å²) in [6.07, 6.45) is 0.0530. The Morgan fingerprint density at radius 2 is 2.04 bits per heavy atom. The van der Waals surface area contributed by atoms with E-state index in [0.717, 1.165) is 11.0 Å². The van der Waals surface area contributed by atoms with E-state index < -0.39 is 5.92 Å². The number of rotatable bonds is 4. The molecule has 6 heteroatoms. The Morgan fingerprint density at radius 1 is 1.29 bits per heavy atom. The first-order chi connectivity index (χ1) is 11.5. The SMILES string of the molecule is Cn1c([C@H](C#N)C(=O)Cc2ccc(Cl)cc2Cl)nc2ccccc21. The van der Waals surface area contributed by atoms with E-state index in [9.17, 15) is 10.1 Å². The molecule has 0 radical (unpaired) electrons. The number of halogens is 2. The fourth-order valence-electron chi connectivity index (χ4n) is 2.65. The van der Waals surface area contributed by atoms with Gasteiger partial charge in [0.25, 0.3) is 0 Å². The predicted octanol–water partition coefficient (Wildman–Crippen LogP) is 4.30. The third-order valence-electron chi connectivity index (χ3n) is 3.91. The van der Waals surface area contributed by atoms with E-state index in [0.29, 0.717) is 21.4 Å². The molecular weight excluding hydrogens is 345 g/mol. The Bertz CT molecular complexity index is 972. The number of carbonyl (C=O) groups excluding carboxylic acids is 1. The van der Waals surface area contributed by atoms with Crippen molar-refractivity contribution >= 4 is 40.0 Å². The molecule has 3 rings (SSSR count). The summed E-state index contributed by atoms with van der Waals surface area (Å²) in [7, 11) is 1.80. The molecule has 2 aromatic carbocycles. The molecule has 4 nitrogen and oxygen atoms in total. The maximum Gasteiger partial charge on any atom is 0.163 e. The minimum atomic E-state index is -0.950. The van der Waals surface area contributed by atoms with Crippen molar-refractivity contribution in [2.75, 3.05) is 0 Å². The molecule has 0 bridgehead atoms. The van der Waals surface area contributed by atoms with Crippen LogP contribution in [-0.4, -0.2) is 15.3 Å². The highest BCUT2D eigenvalue weighted by atomic mass is 35.5. The van der Waals surface area contributed by atoms with Crippen LogP contribution in [0.4, 0.5) is 0 Å². The van der Waals surface area contributed by atoms with Crippen LogP contribution in [0.2, 0.25) is 10.0 Å². The molecule has 24 heavy (non-hydrogen) atoms. The van der Waals surface area contributed by atoms with Gasteiger partial charge in [0, 0.05) is 23.5 Å². The Labute approximate surface area is 149 Å². The van der Waals surface area contributed by atoms with Gasteiger partial charge in [-0.2, -0.15) is 5.26 Å². The van der Waals surface area contributed by atoms with Crippen molar-refractivity contribution in [1.29, 1.82) is 5.26 Å². The fraction of sp³-hybridized carbons (Fsp3) is 0.167. The van der Waals surface area contributed by atoms with Crippen molar-refractivity contribution in [2.45, 2.75) is 12.3 Å². The standard InChI is InChI=1S/C18H13Cl2N3O/c1-23-16-5-3-2-4-15(16)22-18(23)13(10-21)17(24)8-11-6-7-12(19)9-14(11)20/h2-7,9,13H,8H2,1H3/t13-/m1/s1. The van der Waals surface area contributed by atoms with E-state index in [1.54, 1.807) is 29.8 Å². The predicted molar refractivity (Wildman–Crippen MR) is 94.2 cm³/mol. The number of hydrogen-bond donors (Lipinski definition) is 0. The van der Waals surface area contributed by atoms with E-state index in [1.165, 1.54) is 0 Å². The highest BCUT2D eigenvalue weighted by Crippen LogP contribution is 2.26. The van der Waals surface area contributed by atoms with E-state index in [-0.39, 0.29) is 12.2 Å². The number of nitrogens with zero attached hydrogens (tertiary/aromatic N) is 3. The van der Waals surface area contributed by atoms with Gasteiger partial charge >= 0.3 is 0 Å². The molecule has 0 aliphatic carbocycles. The quantitative estimate of drug-likeness (QED) is 0.699. The number of ketones is 1. The fourth-order valence-corrected chi connectivity index (χ4v) is 3.13. The molecule has 120 valence electrons. The number of imidazole rings is 1. The van der Waals surface area contributed by atoms with Crippen LogP contribution in [0.15, 0.2) is 42.5 Å². The molecule has 0 fully saturated rings. The van der Waals surface area contributed by atoms with Crippen LogP contribution >= 0.6 is 23.2 Å². The molecular formula is C18H13Cl2N3O. The summed E-state index contributed by atoms with van der Waals surface area (Å²) in [5.41, 5.74) is 2.28. The Morgan fingerprint density at radius 3 is 2.71 bits per heavy atom. The summed E-state index contributed by atoms with van der Waals surface area (Å²) < 4.78 is 1.78. The lowest BCUT2D eigenvalue weighted by Gasteiger charge is -2.10. The van der Waals surface area contributed by atoms with Gasteiger partial charge in [-0.15, -0.1) is 0 Å². The lowest BCUT2D eigenvalue weighted by molar-refractivity contribution is -0.118. The topological polar surface area (TPSA) is 58.7 Å². The third-order valence-corrected chi connectivity index (χ3v) is 4.50. The van der Waals surface area contributed by atoms with Crippen LogP contribution in [0.5, 0.6) is 0 Å². The summed E-state index contributed by atoms with van der Waals surface area (Å²) in [6.45, 7) is 0. The molecule has 0 saturated carbocycles. The second-order valence-electron chi connectivity index (χ2n) is 5.46. The smallest absolute Gasteiger partial charge is 0.163 e. The number of aromatic nitrogens is 2. The van der Waals surface area contributed by atoms with Gasteiger partial charge in [0.15, 0.2) is 11.7 Å². The lowest BCUT2D eigenvalue weighted by atomic mass is 9.98. The van der Waals surface area contributed by atoms with Crippen molar-refractivity contribution in [3.8, 4) is 6.07 Å². The number of para-hydroxylation sites is 2. The van der Waals surface area contributed by atoms with Gasteiger partial charge in [-0.3, -0.25) is 4.79 Å². The molecule has 3 aromatic rings. The van der Waals surface area contributed by atoms with Crippen LogP contribution in [-0.2, 0) is 18.3 Å². The van der Waals surface area contributed by atoms with Gasteiger partial charge < -0.3 is 4.57 Å². The van der Waals surface area contributed by atoms with Crippen molar-refractivity contribution in [3.05, 3.63) is 63.9 Å². The highest BCUT2D eigenvalue weighted by Gasteiger charge is 2.26. The minimum Gasteiger partial charge on any atom is -0.330 e. The van der Waals surface area contributed by atoms with Crippen molar-refractivity contribution in [3.63, 3.8) is 0 Å². The molecule has 0 aliphatic heterocycles. The Kier molecular flexibility index (Phi) is 4.57. The van der Waals surface area contributed by atoms with Gasteiger partial charge in [0.05, 0.1) is 17.1 Å². The molecule has 0 amide bonds. The van der Waals surface area contributed by atoms with Crippen molar-refractivity contribution < 1.29 is 4.79 Å². The van der Waals surface area contributed by atoms with Crippen molar-refractivity contribution in [1.82, 2.24) is 9.55 Å². The van der Waals surface area contributed by atoms with Crippen LogP contribution < -0.4 is 0 Å². The lowest BCUT2D eigenvalue weighted by Crippen LogP contribution is -2.17. The molecule has 0 unspecified atom stereocenters. The van der Waals surface area contributed by atoms with Crippen molar-refractivity contribution in [2.24, 2.45) is 7.05 Å². The molecule has 0 aliphatic rings. The number of carbonyl (C=O) groups is 1. The second kappa shape index (κ2) is 6.64. The molecule has 0 saturated heterocycles. The first-order valence-corrected chi connectivity index (χ1v) is 8.04. The summed E-state index contributed by atoms with van der Waals surface area (Å²) in [6, 6.07) is 14.6. The monoisotopic (exact) mass is 357 g/mol. The molecule has 0 N–H and O–H groups in total. The van der Waals surface area contributed by atoms with Crippen LogP contribution in [0.25, 0.3) is 11.0 Å². The largest absolute Gasteiger partial charge is 0.330 e. The highest BCUT2D eigenvalue weighted by molar-refractivity contribution is 6.35. The molecule has 1 aromatic heterocycles. The number of aryl methyl sites for hydroxylation is 1. The summed E-state index contributed by atoms with van der Waals surface area (Å²) in [4.78, 5) is 17.1. The molecule has 1 atom stereocenters. The minimum absolute atomic E-state index is 0.0530. The zero-order chi connectivity index (χ0) is 17.3. The van der Waals surface area contributed by atoms with E-state index in [2.05, 4.69) is 11.1 Å². The third kappa shape index (κ3) is 3.01. The normalized spacial score (nSPS) is 12.1. The first-order valence-electron chi connectivity index (χ1n) is 7.29. The summed E-state index contributed by atoms with van der Waals surface area (Å²) >= 11 is 12.0. The Hall–Kier alpha value is -2.35. The van der Waals surface area contributed by atoms with Crippen LogP contribution in [0.1, 0.15) is 17.3 Å². The molecule has 0 spiro atoms. The van der Waals surface area contributed by atoms with Gasteiger partial charge in [0.2, 0.25) is 0 Å². The van der Waals surface area contributed by atoms with Crippen LogP contribution in [0, 0.1) is 11.3 Å². The summed E-state index contributed by atoms with van der Waals surface area (Å²) in [5, 5.41) is 10.4. The van der Waals surface area contributed by atoms with Gasteiger partial charge in [-0.05, 0) is 29.8 Å². The number of benzene rings is 2.